The lowest BCUT2D eigenvalue weighted by Gasteiger charge is -2.10. The summed E-state index contributed by atoms with van der Waals surface area (Å²) >= 11 is 0. The van der Waals surface area contributed by atoms with Gasteiger partial charge in [-0.2, -0.15) is 0 Å². The second kappa shape index (κ2) is 5.92. The highest BCUT2D eigenvalue weighted by molar-refractivity contribution is 5.93. The van der Waals surface area contributed by atoms with Gasteiger partial charge in [0.25, 0.3) is 0 Å². The number of pyridine rings is 1. The van der Waals surface area contributed by atoms with E-state index in [1.54, 1.807) is 6.07 Å². The van der Waals surface area contributed by atoms with Crippen LogP contribution in [-0.4, -0.2) is 24.4 Å². The van der Waals surface area contributed by atoms with Crippen LogP contribution in [-0.2, 0) is 4.74 Å². The quantitative estimate of drug-likeness (QED) is 0.882. The molecular formula is C14H11F3N2O3. The highest BCUT2D eigenvalue weighted by Gasteiger charge is 2.31. The van der Waals surface area contributed by atoms with Gasteiger partial charge in [0.1, 0.15) is 5.75 Å². The number of nitrogen functional groups attached to an aromatic ring is 1. The van der Waals surface area contributed by atoms with Crippen molar-refractivity contribution in [2.24, 2.45) is 0 Å². The molecule has 0 aliphatic heterocycles. The van der Waals surface area contributed by atoms with Gasteiger partial charge in [-0.1, -0.05) is 12.1 Å². The molecule has 116 valence electrons. The lowest BCUT2D eigenvalue weighted by molar-refractivity contribution is -0.274. The fraction of sp³-hybridized carbons (Fsp3) is 0.143. The van der Waals surface area contributed by atoms with Gasteiger partial charge in [0, 0.05) is 11.8 Å². The maximum Gasteiger partial charge on any atom is 0.573 e. The van der Waals surface area contributed by atoms with E-state index in [-0.39, 0.29) is 17.1 Å². The zero-order valence-electron chi connectivity index (χ0n) is 11.3. The van der Waals surface area contributed by atoms with Gasteiger partial charge < -0.3 is 15.2 Å². The first-order chi connectivity index (χ1) is 10.3. The van der Waals surface area contributed by atoms with E-state index >= 15 is 0 Å². The smallest absolute Gasteiger partial charge is 0.464 e. The van der Waals surface area contributed by atoms with Crippen LogP contribution in [0.4, 0.5) is 18.9 Å². The van der Waals surface area contributed by atoms with E-state index in [1.165, 1.54) is 37.6 Å². The highest BCUT2D eigenvalue weighted by atomic mass is 19.4. The number of hydrogen-bond acceptors (Lipinski definition) is 5. The number of aromatic nitrogens is 1. The molecule has 0 saturated heterocycles. The third kappa shape index (κ3) is 3.66. The largest absolute Gasteiger partial charge is 0.573 e. The van der Waals surface area contributed by atoms with Crippen LogP contribution in [0.25, 0.3) is 11.1 Å². The molecule has 1 heterocycles. The Bertz CT molecular complexity index is 702. The molecule has 2 N–H and O–H groups in total. The number of hydrogen-bond donors (Lipinski definition) is 1. The van der Waals surface area contributed by atoms with Crippen LogP contribution in [0, 0.1) is 0 Å². The number of ether oxygens (including phenoxy) is 2. The average Bonchev–Trinajstić information content (AvgIpc) is 2.45. The van der Waals surface area contributed by atoms with Crippen LogP contribution in [0.3, 0.4) is 0 Å². The van der Waals surface area contributed by atoms with Crippen LogP contribution < -0.4 is 10.5 Å². The lowest BCUT2D eigenvalue weighted by atomic mass is 10.1. The summed E-state index contributed by atoms with van der Waals surface area (Å²) < 4.78 is 45.0. The summed E-state index contributed by atoms with van der Waals surface area (Å²) in [4.78, 5) is 15.3. The van der Waals surface area contributed by atoms with Crippen LogP contribution >= 0.6 is 0 Å². The number of carbonyl (C=O) groups excluding carboxylic acids is 1. The molecule has 0 aliphatic carbocycles. The van der Waals surface area contributed by atoms with Crippen molar-refractivity contribution in [1.82, 2.24) is 4.98 Å². The maximum atomic E-state index is 12.2. The molecule has 2 aromatic rings. The Morgan fingerprint density at radius 3 is 2.55 bits per heavy atom. The molecule has 0 unspecified atom stereocenters. The Kier molecular flexibility index (Phi) is 4.20. The molecular weight excluding hydrogens is 301 g/mol. The van der Waals surface area contributed by atoms with Crippen molar-refractivity contribution in [3.8, 4) is 16.9 Å². The molecule has 0 bridgehead atoms. The molecule has 0 saturated carbocycles. The summed E-state index contributed by atoms with van der Waals surface area (Å²) in [5, 5.41) is 0. The van der Waals surface area contributed by atoms with Gasteiger partial charge in [-0.25, -0.2) is 9.78 Å². The molecule has 0 aliphatic rings. The minimum Gasteiger partial charge on any atom is -0.464 e. The van der Waals surface area contributed by atoms with E-state index in [4.69, 9.17) is 5.73 Å². The first-order valence-corrected chi connectivity index (χ1v) is 6.00. The summed E-state index contributed by atoms with van der Waals surface area (Å²) in [6.45, 7) is 0. The number of carbonyl (C=O) groups is 1. The SMILES string of the molecule is COC(=O)c1ncc(-c2cccc(OC(F)(F)F)c2)cc1N. The van der Waals surface area contributed by atoms with Gasteiger partial charge in [-0.05, 0) is 23.8 Å². The first-order valence-electron chi connectivity index (χ1n) is 6.00. The van der Waals surface area contributed by atoms with Crippen molar-refractivity contribution in [3.63, 3.8) is 0 Å². The van der Waals surface area contributed by atoms with Crippen molar-refractivity contribution in [1.29, 1.82) is 0 Å². The normalized spacial score (nSPS) is 11.1. The molecule has 0 fully saturated rings. The number of anilines is 1. The topological polar surface area (TPSA) is 74.4 Å². The second-order valence-electron chi connectivity index (χ2n) is 4.23. The summed E-state index contributed by atoms with van der Waals surface area (Å²) in [7, 11) is 1.19. The first kappa shape index (κ1) is 15.6. The molecule has 1 aromatic carbocycles. The standard InChI is InChI=1S/C14H11F3N2O3/c1-21-13(20)12-11(18)6-9(7-19-12)8-3-2-4-10(5-8)22-14(15,16)17/h2-7H,18H2,1H3. The van der Waals surface area contributed by atoms with Crippen molar-refractivity contribution in [2.75, 3.05) is 12.8 Å². The molecule has 0 atom stereocenters. The van der Waals surface area contributed by atoms with Gasteiger partial charge >= 0.3 is 12.3 Å². The van der Waals surface area contributed by atoms with Crippen LogP contribution in [0.2, 0.25) is 0 Å². The monoisotopic (exact) mass is 312 g/mol. The Morgan fingerprint density at radius 2 is 1.95 bits per heavy atom. The summed E-state index contributed by atoms with van der Waals surface area (Å²) in [5.74, 6) is -1.06. The van der Waals surface area contributed by atoms with Gasteiger partial charge in [-0.15, -0.1) is 13.2 Å². The fourth-order valence-electron chi connectivity index (χ4n) is 1.78. The third-order valence-electron chi connectivity index (χ3n) is 2.70. The van der Waals surface area contributed by atoms with Crippen molar-refractivity contribution < 1.29 is 27.4 Å². The molecule has 5 nitrogen and oxygen atoms in total. The zero-order valence-corrected chi connectivity index (χ0v) is 11.3. The van der Waals surface area contributed by atoms with Gasteiger partial charge in [0.2, 0.25) is 0 Å². The number of esters is 1. The number of halogens is 3. The fourth-order valence-corrected chi connectivity index (χ4v) is 1.78. The van der Waals surface area contributed by atoms with E-state index in [1.807, 2.05) is 0 Å². The van der Waals surface area contributed by atoms with Gasteiger partial charge in [0.15, 0.2) is 5.69 Å². The van der Waals surface area contributed by atoms with Crippen LogP contribution in [0.15, 0.2) is 36.5 Å². The van der Waals surface area contributed by atoms with Crippen molar-refractivity contribution >= 4 is 11.7 Å². The number of rotatable bonds is 3. The van der Waals surface area contributed by atoms with Crippen LogP contribution in [0.5, 0.6) is 5.75 Å². The zero-order chi connectivity index (χ0) is 16.3. The van der Waals surface area contributed by atoms with E-state index < -0.39 is 12.3 Å². The number of alkyl halides is 3. The van der Waals surface area contributed by atoms with E-state index in [0.717, 1.165) is 0 Å². The molecule has 8 heteroatoms. The Morgan fingerprint density at radius 1 is 1.23 bits per heavy atom. The number of benzene rings is 1. The lowest BCUT2D eigenvalue weighted by Crippen LogP contribution is -2.17. The minimum absolute atomic E-state index is 0.0612. The predicted molar refractivity (Wildman–Crippen MR) is 72.1 cm³/mol. The van der Waals surface area contributed by atoms with E-state index in [0.29, 0.717) is 11.1 Å². The average molecular weight is 312 g/mol. The minimum atomic E-state index is -4.77. The van der Waals surface area contributed by atoms with Crippen LogP contribution in [0.1, 0.15) is 10.5 Å². The molecule has 1 aromatic heterocycles. The van der Waals surface area contributed by atoms with E-state index in [2.05, 4.69) is 14.5 Å². The Hall–Kier alpha value is -2.77. The van der Waals surface area contributed by atoms with Crippen molar-refractivity contribution in [3.05, 3.63) is 42.2 Å². The molecule has 0 radical (unpaired) electrons. The highest BCUT2D eigenvalue weighted by Crippen LogP contribution is 2.29. The number of nitrogens with zero attached hydrogens (tertiary/aromatic N) is 1. The second-order valence-corrected chi connectivity index (χ2v) is 4.23. The molecule has 0 spiro atoms. The Labute approximate surface area is 123 Å². The summed E-state index contributed by atoms with van der Waals surface area (Å²) in [6.07, 6.45) is -3.46. The molecule has 0 amide bonds. The van der Waals surface area contributed by atoms with E-state index in [9.17, 15) is 18.0 Å². The molecule has 2 rings (SSSR count). The number of methoxy groups -OCH3 is 1. The molecule has 22 heavy (non-hydrogen) atoms. The summed E-state index contributed by atoms with van der Waals surface area (Å²) in [5.41, 5.74) is 6.56. The van der Waals surface area contributed by atoms with Gasteiger partial charge in [-0.3, -0.25) is 0 Å². The third-order valence-corrected chi connectivity index (χ3v) is 2.70. The Balaban J connectivity index is 2.34. The number of nitrogens with two attached hydrogens (primary N) is 1. The summed E-state index contributed by atoms with van der Waals surface area (Å²) in [6, 6.07) is 6.77. The maximum absolute atomic E-state index is 12.2. The van der Waals surface area contributed by atoms with Crippen molar-refractivity contribution in [2.45, 2.75) is 6.36 Å². The predicted octanol–water partition coefficient (Wildman–Crippen LogP) is 3.02. The van der Waals surface area contributed by atoms with Gasteiger partial charge in [0.05, 0.1) is 12.8 Å².